The predicted octanol–water partition coefficient (Wildman–Crippen LogP) is 1.31. The molecule has 0 heterocycles. The van der Waals surface area contributed by atoms with Crippen molar-refractivity contribution in [1.82, 2.24) is 0 Å². The van der Waals surface area contributed by atoms with Crippen molar-refractivity contribution in [2.75, 3.05) is 21.3 Å². The summed E-state index contributed by atoms with van der Waals surface area (Å²) in [5.41, 5.74) is 0. The minimum Gasteiger partial charge on any atom is -0.377 e. The van der Waals surface area contributed by atoms with Gasteiger partial charge in [-0.05, 0) is 6.92 Å². The summed E-state index contributed by atoms with van der Waals surface area (Å²) in [4.78, 5) is 0. The largest absolute Gasteiger partial charge is 0.501 e. The smallest absolute Gasteiger partial charge is 0.377 e. The fourth-order valence-corrected chi connectivity index (χ4v) is 2.88. The molecule has 0 rings (SSSR count). The van der Waals surface area contributed by atoms with Gasteiger partial charge in [0.15, 0.2) is 0 Å². The van der Waals surface area contributed by atoms with Crippen LogP contribution in [-0.2, 0) is 13.3 Å². The molecular weight excluding hydrogens is 184 g/mol. The average Bonchev–Trinajstić information content (AvgIpc) is 2.00. The molecule has 11 heavy (non-hydrogen) atoms. The average molecular weight is 198 g/mol. The second kappa shape index (κ2) is 5.11. The van der Waals surface area contributed by atoms with Gasteiger partial charge in [-0.15, -0.1) is 11.6 Å². The van der Waals surface area contributed by atoms with Gasteiger partial charge in [-0.25, -0.2) is 0 Å². The highest BCUT2D eigenvalue weighted by molar-refractivity contribution is 6.61. The molecule has 1 unspecified atom stereocenters. The summed E-state index contributed by atoms with van der Waals surface area (Å²) in [6.07, 6.45) is 0. The van der Waals surface area contributed by atoms with E-state index >= 15 is 0 Å². The molecule has 5 heteroatoms. The lowest BCUT2D eigenvalue weighted by Gasteiger charge is -2.24. The van der Waals surface area contributed by atoms with Crippen LogP contribution in [0.25, 0.3) is 0 Å². The molecular formula is C6H14ClO3Si. The summed E-state index contributed by atoms with van der Waals surface area (Å²) in [6.45, 7) is 3.63. The molecule has 0 fully saturated rings. The van der Waals surface area contributed by atoms with Crippen LogP contribution in [0, 0.1) is 6.92 Å². The van der Waals surface area contributed by atoms with Crippen molar-refractivity contribution < 1.29 is 13.3 Å². The SMILES string of the molecule is [CH2]C(Cl)C[Si](OC)(OC)OC. The van der Waals surface area contributed by atoms with Crippen molar-refractivity contribution >= 4 is 20.4 Å². The molecule has 67 valence electrons. The summed E-state index contributed by atoms with van der Waals surface area (Å²) in [7, 11) is 2.19. The summed E-state index contributed by atoms with van der Waals surface area (Å²) in [5.74, 6) is 0. The fourth-order valence-electron chi connectivity index (χ4n) is 0.771. The Morgan fingerprint density at radius 2 is 1.64 bits per heavy atom. The standard InChI is InChI=1S/C6H14ClO3Si/c1-6(7)5-11(8-2,9-3)10-4/h6H,1,5H2,2-4H3. The Hall–Kier alpha value is 0.387. The molecule has 0 spiro atoms. The molecule has 1 atom stereocenters. The van der Waals surface area contributed by atoms with Gasteiger partial charge in [-0.2, -0.15) is 0 Å². The van der Waals surface area contributed by atoms with E-state index in [1.807, 2.05) is 0 Å². The van der Waals surface area contributed by atoms with Crippen molar-refractivity contribution in [3.05, 3.63) is 6.92 Å². The predicted molar refractivity (Wildman–Crippen MR) is 46.6 cm³/mol. The Morgan fingerprint density at radius 1 is 1.27 bits per heavy atom. The van der Waals surface area contributed by atoms with E-state index in [-0.39, 0.29) is 5.38 Å². The maximum Gasteiger partial charge on any atom is 0.501 e. The first-order valence-electron chi connectivity index (χ1n) is 3.23. The number of alkyl halides is 1. The van der Waals surface area contributed by atoms with Gasteiger partial charge in [-0.3, -0.25) is 0 Å². The van der Waals surface area contributed by atoms with E-state index in [4.69, 9.17) is 24.9 Å². The van der Waals surface area contributed by atoms with Crippen molar-refractivity contribution in [2.24, 2.45) is 0 Å². The zero-order valence-electron chi connectivity index (χ0n) is 7.09. The van der Waals surface area contributed by atoms with E-state index < -0.39 is 8.80 Å². The highest BCUT2D eigenvalue weighted by atomic mass is 35.5. The lowest BCUT2D eigenvalue weighted by atomic mass is 10.6. The quantitative estimate of drug-likeness (QED) is 0.492. The Kier molecular flexibility index (Phi) is 5.29. The van der Waals surface area contributed by atoms with E-state index in [0.717, 1.165) is 0 Å². The van der Waals surface area contributed by atoms with Gasteiger partial charge in [0.1, 0.15) is 0 Å². The highest BCUT2D eigenvalue weighted by Gasteiger charge is 2.38. The van der Waals surface area contributed by atoms with Gasteiger partial charge in [0.25, 0.3) is 0 Å². The van der Waals surface area contributed by atoms with Crippen LogP contribution in [0.1, 0.15) is 0 Å². The Labute approximate surface area is 74.0 Å². The second-order valence-corrected chi connectivity index (χ2v) is 5.71. The van der Waals surface area contributed by atoms with Gasteiger partial charge in [0.05, 0.1) is 0 Å². The normalized spacial score (nSPS) is 15.0. The van der Waals surface area contributed by atoms with Gasteiger partial charge in [0.2, 0.25) is 0 Å². The van der Waals surface area contributed by atoms with Crippen LogP contribution in [0.4, 0.5) is 0 Å². The van der Waals surface area contributed by atoms with E-state index in [0.29, 0.717) is 6.04 Å². The van der Waals surface area contributed by atoms with Crippen molar-refractivity contribution in [2.45, 2.75) is 11.4 Å². The minimum atomic E-state index is -2.47. The molecule has 0 aromatic rings. The molecule has 0 N–H and O–H groups in total. The Balaban J connectivity index is 4.05. The van der Waals surface area contributed by atoms with Crippen molar-refractivity contribution in [1.29, 1.82) is 0 Å². The third kappa shape index (κ3) is 3.53. The topological polar surface area (TPSA) is 27.7 Å². The summed E-state index contributed by atoms with van der Waals surface area (Å²) >= 11 is 5.68. The van der Waals surface area contributed by atoms with Crippen LogP contribution in [0.3, 0.4) is 0 Å². The summed E-state index contributed by atoms with van der Waals surface area (Å²) < 4.78 is 15.4. The zero-order chi connectivity index (χ0) is 8.91. The van der Waals surface area contributed by atoms with Crippen LogP contribution < -0.4 is 0 Å². The maximum atomic E-state index is 5.68. The van der Waals surface area contributed by atoms with Crippen molar-refractivity contribution in [3.63, 3.8) is 0 Å². The first-order valence-corrected chi connectivity index (χ1v) is 5.59. The maximum absolute atomic E-state index is 5.68. The summed E-state index contributed by atoms with van der Waals surface area (Å²) in [6, 6.07) is 0.526. The molecule has 0 aliphatic rings. The van der Waals surface area contributed by atoms with Crippen LogP contribution in [0.15, 0.2) is 0 Å². The monoisotopic (exact) mass is 197 g/mol. The lowest BCUT2D eigenvalue weighted by Crippen LogP contribution is -2.44. The number of hydrogen-bond donors (Lipinski definition) is 0. The van der Waals surface area contributed by atoms with Gasteiger partial charge in [0, 0.05) is 32.8 Å². The third-order valence-corrected chi connectivity index (χ3v) is 4.68. The Bertz CT molecular complexity index is 97.7. The number of halogens is 1. The first kappa shape index (κ1) is 11.4. The minimum absolute atomic E-state index is 0.235. The van der Waals surface area contributed by atoms with Gasteiger partial charge < -0.3 is 13.3 Å². The van der Waals surface area contributed by atoms with Gasteiger partial charge >= 0.3 is 8.80 Å². The molecule has 0 bridgehead atoms. The molecule has 0 saturated heterocycles. The van der Waals surface area contributed by atoms with Crippen molar-refractivity contribution in [3.8, 4) is 0 Å². The molecule has 1 radical (unpaired) electrons. The van der Waals surface area contributed by atoms with Crippen LogP contribution in [-0.4, -0.2) is 35.5 Å². The third-order valence-electron chi connectivity index (χ3n) is 1.40. The van der Waals surface area contributed by atoms with Crippen LogP contribution in [0.2, 0.25) is 6.04 Å². The molecule has 0 aliphatic carbocycles. The van der Waals surface area contributed by atoms with E-state index in [1.165, 1.54) is 0 Å². The van der Waals surface area contributed by atoms with Crippen LogP contribution in [0.5, 0.6) is 0 Å². The van der Waals surface area contributed by atoms with E-state index in [2.05, 4.69) is 6.92 Å². The summed E-state index contributed by atoms with van der Waals surface area (Å²) in [5, 5.41) is -0.235. The molecule has 0 amide bonds. The highest BCUT2D eigenvalue weighted by Crippen LogP contribution is 2.17. The molecule has 0 saturated carbocycles. The molecule has 0 aliphatic heterocycles. The zero-order valence-corrected chi connectivity index (χ0v) is 8.85. The second-order valence-electron chi connectivity index (χ2n) is 2.10. The Morgan fingerprint density at radius 3 is 1.73 bits per heavy atom. The molecule has 0 aromatic heterocycles. The van der Waals surface area contributed by atoms with Crippen LogP contribution >= 0.6 is 11.6 Å². The first-order chi connectivity index (χ1) is 5.10. The number of rotatable bonds is 5. The molecule has 3 nitrogen and oxygen atoms in total. The number of hydrogen-bond acceptors (Lipinski definition) is 3. The van der Waals surface area contributed by atoms with E-state index in [9.17, 15) is 0 Å². The molecule has 0 aromatic carbocycles. The van der Waals surface area contributed by atoms with E-state index in [1.54, 1.807) is 21.3 Å². The fraction of sp³-hybridized carbons (Fsp3) is 0.833. The lowest BCUT2D eigenvalue weighted by molar-refractivity contribution is 0.124. The van der Waals surface area contributed by atoms with Gasteiger partial charge in [-0.1, -0.05) is 0 Å².